The third-order valence-corrected chi connectivity index (χ3v) is 3.34. The largest absolute Gasteiger partial charge is 0.322 e. The molecule has 0 spiro atoms. The van der Waals surface area contributed by atoms with Gasteiger partial charge in [-0.3, -0.25) is 4.79 Å². The highest BCUT2D eigenvalue weighted by molar-refractivity contribution is 6.05. The van der Waals surface area contributed by atoms with E-state index in [0.29, 0.717) is 0 Å². The lowest BCUT2D eigenvalue weighted by Gasteiger charge is -2.10. The Morgan fingerprint density at radius 1 is 0.950 bits per heavy atom. The van der Waals surface area contributed by atoms with E-state index in [4.69, 9.17) is 0 Å². The molecular weight excluding hydrogens is 246 g/mol. The highest BCUT2D eigenvalue weighted by Crippen LogP contribution is 2.15. The van der Waals surface area contributed by atoms with Crippen LogP contribution in [0.15, 0.2) is 54.6 Å². The van der Waals surface area contributed by atoms with Gasteiger partial charge in [-0.05, 0) is 36.6 Å². The summed E-state index contributed by atoms with van der Waals surface area (Å²) in [5.74, 6) is -0.0247. The molecule has 0 fully saturated rings. The summed E-state index contributed by atoms with van der Waals surface area (Å²) in [5, 5.41) is 2.95. The van der Waals surface area contributed by atoms with Crippen LogP contribution in [0.5, 0.6) is 0 Å². The molecular formula is C18H21NO. The number of para-hydroxylation sites is 1. The lowest BCUT2D eigenvalue weighted by atomic mass is 10.0. The van der Waals surface area contributed by atoms with Crippen LogP contribution in [0.1, 0.15) is 42.1 Å². The van der Waals surface area contributed by atoms with Crippen molar-refractivity contribution in [2.24, 2.45) is 0 Å². The second-order valence-corrected chi connectivity index (χ2v) is 4.93. The quantitative estimate of drug-likeness (QED) is 0.757. The molecule has 2 nitrogen and oxygen atoms in total. The van der Waals surface area contributed by atoms with Crippen molar-refractivity contribution < 1.29 is 4.79 Å². The second-order valence-electron chi connectivity index (χ2n) is 4.93. The number of anilines is 1. The van der Waals surface area contributed by atoms with Gasteiger partial charge in [0.25, 0.3) is 5.91 Å². The molecule has 0 unspecified atom stereocenters. The van der Waals surface area contributed by atoms with E-state index in [2.05, 4.69) is 18.3 Å². The smallest absolute Gasteiger partial charge is 0.255 e. The SMILES string of the molecule is CCCCCc1ccccc1C(=O)Nc1ccccc1. The number of unbranched alkanes of at least 4 members (excludes halogenated alkanes) is 2. The summed E-state index contributed by atoms with van der Waals surface area (Å²) in [6.07, 6.45) is 4.49. The van der Waals surface area contributed by atoms with Gasteiger partial charge in [0.15, 0.2) is 0 Å². The summed E-state index contributed by atoms with van der Waals surface area (Å²) in [5.41, 5.74) is 2.75. The van der Waals surface area contributed by atoms with E-state index in [-0.39, 0.29) is 5.91 Å². The maximum Gasteiger partial charge on any atom is 0.255 e. The van der Waals surface area contributed by atoms with Crippen LogP contribution in [0.4, 0.5) is 5.69 Å². The summed E-state index contributed by atoms with van der Waals surface area (Å²) in [6.45, 7) is 2.19. The van der Waals surface area contributed by atoms with Crippen molar-refractivity contribution in [2.75, 3.05) is 5.32 Å². The average Bonchev–Trinajstić information content (AvgIpc) is 2.49. The van der Waals surface area contributed by atoms with Gasteiger partial charge in [0, 0.05) is 11.3 Å². The third kappa shape index (κ3) is 3.95. The number of rotatable bonds is 6. The van der Waals surface area contributed by atoms with Gasteiger partial charge in [-0.15, -0.1) is 0 Å². The number of carbonyl (C=O) groups excluding carboxylic acids is 1. The molecule has 20 heavy (non-hydrogen) atoms. The minimum atomic E-state index is -0.0247. The second kappa shape index (κ2) is 7.49. The molecule has 2 aromatic rings. The van der Waals surface area contributed by atoms with Crippen LogP contribution in [0.3, 0.4) is 0 Å². The number of benzene rings is 2. The van der Waals surface area contributed by atoms with Crippen LogP contribution in [0, 0.1) is 0 Å². The van der Waals surface area contributed by atoms with Gasteiger partial charge < -0.3 is 5.32 Å². The number of hydrogen-bond acceptors (Lipinski definition) is 1. The number of carbonyl (C=O) groups is 1. The van der Waals surface area contributed by atoms with Gasteiger partial charge in [0.1, 0.15) is 0 Å². The number of amides is 1. The average molecular weight is 267 g/mol. The third-order valence-electron chi connectivity index (χ3n) is 3.34. The van der Waals surface area contributed by atoms with Crippen molar-refractivity contribution in [2.45, 2.75) is 32.6 Å². The van der Waals surface area contributed by atoms with Crippen molar-refractivity contribution in [1.82, 2.24) is 0 Å². The standard InChI is InChI=1S/C18H21NO/c1-2-3-5-10-15-11-8-9-14-17(15)18(20)19-16-12-6-4-7-13-16/h4,6-9,11-14H,2-3,5,10H2,1H3,(H,19,20). The predicted molar refractivity (Wildman–Crippen MR) is 84.1 cm³/mol. The van der Waals surface area contributed by atoms with Crippen LogP contribution in [-0.2, 0) is 6.42 Å². The van der Waals surface area contributed by atoms with E-state index in [1.54, 1.807) is 0 Å². The first-order chi connectivity index (χ1) is 9.81. The minimum Gasteiger partial charge on any atom is -0.322 e. The fourth-order valence-electron chi connectivity index (χ4n) is 2.25. The first kappa shape index (κ1) is 14.3. The fraction of sp³-hybridized carbons (Fsp3) is 0.278. The van der Waals surface area contributed by atoms with Crippen molar-refractivity contribution in [1.29, 1.82) is 0 Å². The van der Waals surface area contributed by atoms with Gasteiger partial charge in [0.05, 0.1) is 0 Å². The van der Waals surface area contributed by atoms with Crippen molar-refractivity contribution in [3.63, 3.8) is 0 Å². The summed E-state index contributed by atoms with van der Waals surface area (Å²) in [4.78, 5) is 12.4. The molecule has 0 bridgehead atoms. The Bertz CT molecular complexity index is 548. The molecule has 2 aromatic carbocycles. The molecule has 0 saturated heterocycles. The monoisotopic (exact) mass is 267 g/mol. The Hall–Kier alpha value is -2.09. The van der Waals surface area contributed by atoms with Crippen molar-refractivity contribution in [3.8, 4) is 0 Å². The topological polar surface area (TPSA) is 29.1 Å². The van der Waals surface area contributed by atoms with E-state index in [1.807, 2.05) is 48.5 Å². The van der Waals surface area contributed by atoms with Crippen LogP contribution in [0.2, 0.25) is 0 Å². The van der Waals surface area contributed by atoms with E-state index in [1.165, 1.54) is 12.8 Å². The van der Waals surface area contributed by atoms with E-state index in [9.17, 15) is 4.79 Å². The molecule has 0 aliphatic heterocycles. The number of nitrogens with one attached hydrogen (secondary N) is 1. The predicted octanol–water partition coefficient (Wildman–Crippen LogP) is 4.67. The molecule has 0 radical (unpaired) electrons. The highest BCUT2D eigenvalue weighted by atomic mass is 16.1. The molecule has 0 atom stereocenters. The maximum atomic E-state index is 12.4. The van der Waals surface area contributed by atoms with Gasteiger partial charge in [-0.2, -0.15) is 0 Å². The van der Waals surface area contributed by atoms with Gasteiger partial charge in [0.2, 0.25) is 0 Å². The van der Waals surface area contributed by atoms with Crippen LogP contribution in [0.25, 0.3) is 0 Å². The van der Waals surface area contributed by atoms with Crippen LogP contribution >= 0.6 is 0 Å². The number of hydrogen-bond donors (Lipinski definition) is 1. The maximum absolute atomic E-state index is 12.4. The summed E-state index contributed by atoms with van der Waals surface area (Å²) in [6, 6.07) is 17.5. The van der Waals surface area contributed by atoms with Crippen molar-refractivity contribution >= 4 is 11.6 Å². The minimum absolute atomic E-state index is 0.0247. The summed E-state index contributed by atoms with van der Waals surface area (Å²) < 4.78 is 0. The van der Waals surface area contributed by atoms with Gasteiger partial charge in [-0.1, -0.05) is 56.2 Å². The molecule has 0 heterocycles. The zero-order valence-corrected chi connectivity index (χ0v) is 11.9. The molecule has 2 heteroatoms. The van der Waals surface area contributed by atoms with E-state index < -0.39 is 0 Å². The summed E-state index contributed by atoms with van der Waals surface area (Å²) in [7, 11) is 0. The first-order valence-electron chi connectivity index (χ1n) is 7.25. The normalized spacial score (nSPS) is 10.2. The Morgan fingerprint density at radius 3 is 2.40 bits per heavy atom. The fourth-order valence-corrected chi connectivity index (χ4v) is 2.25. The Morgan fingerprint density at radius 2 is 1.65 bits per heavy atom. The number of aryl methyl sites for hydroxylation is 1. The van der Waals surface area contributed by atoms with Gasteiger partial charge >= 0.3 is 0 Å². The molecule has 2 rings (SSSR count). The van der Waals surface area contributed by atoms with Crippen LogP contribution in [-0.4, -0.2) is 5.91 Å². The van der Waals surface area contributed by atoms with Crippen LogP contribution < -0.4 is 5.32 Å². The van der Waals surface area contributed by atoms with E-state index >= 15 is 0 Å². The highest BCUT2D eigenvalue weighted by Gasteiger charge is 2.10. The molecule has 0 aromatic heterocycles. The molecule has 1 N–H and O–H groups in total. The first-order valence-corrected chi connectivity index (χ1v) is 7.25. The molecule has 0 saturated carbocycles. The Kier molecular flexibility index (Phi) is 5.36. The van der Waals surface area contributed by atoms with E-state index in [0.717, 1.165) is 29.7 Å². The Labute approximate surface area is 120 Å². The molecule has 0 aliphatic rings. The molecule has 1 amide bonds. The Balaban J connectivity index is 2.09. The van der Waals surface area contributed by atoms with Gasteiger partial charge in [-0.25, -0.2) is 0 Å². The zero-order chi connectivity index (χ0) is 14.2. The summed E-state index contributed by atoms with van der Waals surface area (Å²) >= 11 is 0. The lowest BCUT2D eigenvalue weighted by Crippen LogP contribution is -2.14. The molecule has 0 aliphatic carbocycles. The lowest BCUT2D eigenvalue weighted by molar-refractivity contribution is 0.102. The molecule has 104 valence electrons. The van der Waals surface area contributed by atoms with Crippen molar-refractivity contribution in [3.05, 3.63) is 65.7 Å². The zero-order valence-electron chi connectivity index (χ0n) is 11.9.